The molecule has 1 aliphatic heterocycles. The second-order valence-corrected chi connectivity index (χ2v) is 6.59. The summed E-state index contributed by atoms with van der Waals surface area (Å²) in [6.45, 7) is 3.08. The van der Waals surface area contributed by atoms with E-state index in [1.807, 2.05) is 17.0 Å². The molecule has 0 aliphatic carbocycles. The van der Waals surface area contributed by atoms with Gasteiger partial charge in [0.2, 0.25) is 5.88 Å². The van der Waals surface area contributed by atoms with E-state index in [2.05, 4.69) is 32.2 Å². The van der Waals surface area contributed by atoms with Crippen LogP contribution in [0.3, 0.4) is 0 Å². The number of rotatable bonds is 4. The van der Waals surface area contributed by atoms with E-state index in [-0.39, 0.29) is 5.91 Å². The van der Waals surface area contributed by atoms with Crippen molar-refractivity contribution in [3.8, 4) is 23.0 Å². The fourth-order valence-electron chi connectivity index (χ4n) is 3.09. The summed E-state index contributed by atoms with van der Waals surface area (Å²) < 4.78 is 6.79. The molecular weight excluding hydrogens is 358 g/mol. The van der Waals surface area contributed by atoms with Gasteiger partial charge < -0.3 is 14.5 Å². The van der Waals surface area contributed by atoms with Crippen molar-refractivity contribution < 1.29 is 9.53 Å². The van der Waals surface area contributed by atoms with E-state index < -0.39 is 0 Å². The third-order valence-corrected chi connectivity index (χ3v) is 4.73. The monoisotopic (exact) mass is 379 g/mol. The number of hydrogen-bond donors (Lipinski definition) is 0. The van der Waals surface area contributed by atoms with Gasteiger partial charge in [-0.2, -0.15) is 10.2 Å². The minimum atomic E-state index is -0.0848. The Morgan fingerprint density at radius 1 is 1.14 bits per heavy atom. The number of hydrogen-bond acceptors (Lipinski definition) is 7. The summed E-state index contributed by atoms with van der Waals surface area (Å²) in [6.07, 6.45) is 3.26. The highest BCUT2D eigenvalue weighted by molar-refractivity contribution is 5.93. The van der Waals surface area contributed by atoms with Crippen LogP contribution in [0.4, 0.5) is 0 Å². The number of pyridine rings is 1. The zero-order chi connectivity index (χ0) is 19.5. The van der Waals surface area contributed by atoms with Crippen molar-refractivity contribution in [2.45, 2.75) is 0 Å². The fraction of sp³-hybridized carbons (Fsp3) is 0.316. The molecule has 1 aliphatic rings. The molecule has 0 saturated carbocycles. The Bertz CT molecular complexity index is 948. The van der Waals surface area contributed by atoms with Crippen molar-refractivity contribution in [2.75, 3.05) is 40.3 Å². The van der Waals surface area contributed by atoms with Gasteiger partial charge in [-0.3, -0.25) is 4.79 Å². The molecule has 4 heterocycles. The average Bonchev–Trinajstić information content (AvgIpc) is 3.20. The fourth-order valence-corrected chi connectivity index (χ4v) is 3.09. The first-order chi connectivity index (χ1) is 13.7. The maximum Gasteiger partial charge on any atom is 0.274 e. The predicted octanol–water partition coefficient (Wildman–Crippen LogP) is 1.12. The van der Waals surface area contributed by atoms with Gasteiger partial charge in [-0.1, -0.05) is 0 Å². The number of carbonyl (C=O) groups is 1. The molecule has 9 nitrogen and oxygen atoms in total. The normalized spacial score (nSPS) is 14.9. The van der Waals surface area contributed by atoms with Crippen LogP contribution in [-0.4, -0.2) is 81.0 Å². The van der Waals surface area contributed by atoms with Gasteiger partial charge in [-0.05, 0) is 31.3 Å². The van der Waals surface area contributed by atoms with E-state index >= 15 is 0 Å². The lowest BCUT2D eigenvalue weighted by molar-refractivity contribution is 0.0657. The maximum atomic E-state index is 13.0. The van der Waals surface area contributed by atoms with Crippen molar-refractivity contribution >= 4 is 5.91 Å². The lowest BCUT2D eigenvalue weighted by Crippen LogP contribution is -2.47. The molecule has 3 aromatic heterocycles. The first-order valence-electron chi connectivity index (χ1n) is 9.02. The summed E-state index contributed by atoms with van der Waals surface area (Å²) in [5.41, 5.74) is 2.39. The molecule has 3 aromatic rings. The second-order valence-electron chi connectivity index (χ2n) is 6.59. The number of methoxy groups -OCH3 is 1. The quantitative estimate of drug-likeness (QED) is 0.671. The van der Waals surface area contributed by atoms with E-state index in [4.69, 9.17) is 4.74 Å². The third kappa shape index (κ3) is 3.56. The van der Waals surface area contributed by atoms with Gasteiger partial charge in [-0.15, -0.1) is 5.10 Å². The molecule has 0 unspecified atom stereocenters. The highest BCUT2D eigenvalue weighted by atomic mass is 16.5. The number of ether oxygens (including phenoxy) is 1. The minimum absolute atomic E-state index is 0.0848. The number of amides is 1. The molecule has 4 rings (SSSR count). The molecule has 0 radical (unpaired) electrons. The molecular formula is C19H21N7O2. The first-order valence-corrected chi connectivity index (χ1v) is 9.02. The lowest BCUT2D eigenvalue weighted by Gasteiger charge is -2.31. The Kier molecular flexibility index (Phi) is 4.98. The van der Waals surface area contributed by atoms with Gasteiger partial charge in [0.05, 0.1) is 24.7 Å². The van der Waals surface area contributed by atoms with E-state index in [9.17, 15) is 4.79 Å². The zero-order valence-corrected chi connectivity index (χ0v) is 15.8. The van der Waals surface area contributed by atoms with E-state index in [0.29, 0.717) is 41.7 Å². The largest absolute Gasteiger partial charge is 0.481 e. The van der Waals surface area contributed by atoms with Crippen LogP contribution >= 0.6 is 0 Å². The predicted molar refractivity (Wildman–Crippen MR) is 102 cm³/mol. The van der Waals surface area contributed by atoms with Crippen LogP contribution in [0, 0.1) is 0 Å². The van der Waals surface area contributed by atoms with Gasteiger partial charge in [-0.25, -0.2) is 9.67 Å². The van der Waals surface area contributed by atoms with Crippen LogP contribution < -0.4 is 4.74 Å². The Morgan fingerprint density at radius 2 is 1.96 bits per heavy atom. The summed E-state index contributed by atoms with van der Waals surface area (Å²) in [6, 6.07) is 8.98. The smallest absolute Gasteiger partial charge is 0.274 e. The van der Waals surface area contributed by atoms with Gasteiger partial charge in [0.1, 0.15) is 5.69 Å². The van der Waals surface area contributed by atoms with Crippen LogP contribution in [0.5, 0.6) is 5.88 Å². The number of carbonyl (C=O) groups excluding carboxylic acids is 1. The molecule has 1 fully saturated rings. The summed E-state index contributed by atoms with van der Waals surface area (Å²) in [7, 11) is 3.62. The summed E-state index contributed by atoms with van der Waals surface area (Å²) >= 11 is 0. The third-order valence-electron chi connectivity index (χ3n) is 4.73. The van der Waals surface area contributed by atoms with Crippen molar-refractivity contribution in [3.63, 3.8) is 0 Å². The van der Waals surface area contributed by atoms with Crippen LogP contribution in [0.1, 0.15) is 10.5 Å². The van der Waals surface area contributed by atoms with Crippen molar-refractivity contribution in [2.24, 2.45) is 0 Å². The number of piperazine rings is 1. The van der Waals surface area contributed by atoms with Gasteiger partial charge in [0, 0.05) is 38.4 Å². The molecule has 9 heteroatoms. The second kappa shape index (κ2) is 7.73. The van der Waals surface area contributed by atoms with Gasteiger partial charge in [0.15, 0.2) is 5.69 Å². The number of aromatic nitrogens is 5. The standard InChI is InChI=1S/C19H21N7O2/c1-24-8-10-25(11-9-24)19(27)16-12-17(15-4-3-7-21-22-15)26(23-16)14-5-6-18(28-2)20-13-14/h3-7,12-13H,8-11H2,1-2H3. The van der Waals surface area contributed by atoms with E-state index in [1.165, 1.54) is 0 Å². The van der Waals surface area contributed by atoms with Crippen molar-refractivity contribution in [1.29, 1.82) is 0 Å². The number of likely N-dealkylation sites (N-methyl/N-ethyl adjacent to an activating group) is 1. The first kappa shape index (κ1) is 18.1. The molecule has 0 bridgehead atoms. The van der Waals surface area contributed by atoms with Crippen LogP contribution in [-0.2, 0) is 0 Å². The average molecular weight is 379 g/mol. The molecule has 1 saturated heterocycles. The highest BCUT2D eigenvalue weighted by Gasteiger charge is 2.24. The topological polar surface area (TPSA) is 89.3 Å². The molecule has 1 amide bonds. The minimum Gasteiger partial charge on any atom is -0.481 e. The Balaban J connectivity index is 1.72. The summed E-state index contributed by atoms with van der Waals surface area (Å²) in [5, 5.41) is 12.7. The van der Waals surface area contributed by atoms with Gasteiger partial charge in [0.25, 0.3) is 5.91 Å². The van der Waals surface area contributed by atoms with E-state index in [1.54, 1.807) is 42.4 Å². The zero-order valence-electron chi connectivity index (χ0n) is 15.8. The van der Waals surface area contributed by atoms with Crippen molar-refractivity contribution in [3.05, 3.63) is 48.4 Å². The Hall–Kier alpha value is -3.33. The van der Waals surface area contributed by atoms with Crippen LogP contribution in [0.2, 0.25) is 0 Å². The van der Waals surface area contributed by atoms with Crippen molar-refractivity contribution in [1.82, 2.24) is 34.8 Å². The lowest BCUT2D eigenvalue weighted by atomic mass is 10.2. The summed E-state index contributed by atoms with van der Waals surface area (Å²) in [4.78, 5) is 21.3. The molecule has 0 atom stereocenters. The van der Waals surface area contributed by atoms with Gasteiger partial charge >= 0.3 is 0 Å². The van der Waals surface area contributed by atoms with E-state index in [0.717, 1.165) is 13.1 Å². The van der Waals surface area contributed by atoms with Crippen LogP contribution in [0.25, 0.3) is 17.1 Å². The molecule has 0 N–H and O–H groups in total. The maximum absolute atomic E-state index is 13.0. The van der Waals surface area contributed by atoms with Crippen LogP contribution in [0.15, 0.2) is 42.7 Å². The molecule has 144 valence electrons. The molecule has 28 heavy (non-hydrogen) atoms. The Labute approximate surface area is 162 Å². The number of nitrogens with zero attached hydrogens (tertiary/aromatic N) is 7. The molecule has 0 spiro atoms. The summed E-state index contributed by atoms with van der Waals surface area (Å²) in [5.74, 6) is 0.421. The highest BCUT2D eigenvalue weighted by Crippen LogP contribution is 2.23. The molecule has 0 aromatic carbocycles. The Morgan fingerprint density at radius 3 is 2.61 bits per heavy atom. The SMILES string of the molecule is COc1ccc(-n2nc(C(=O)N3CCN(C)CC3)cc2-c2cccnn2)cn1.